The van der Waals surface area contributed by atoms with Crippen molar-refractivity contribution in [1.29, 1.82) is 0 Å². The van der Waals surface area contributed by atoms with Crippen molar-refractivity contribution in [3.8, 4) is 23.0 Å². The number of amides is 2. The van der Waals surface area contributed by atoms with Crippen LogP contribution in [0.15, 0.2) is 78.9 Å². The number of nitrogens with zero attached hydrogens (tertiary/aromatic N) is 2. The van der Waals surface area contributed by atoms with Crippen LogP contribution < -0.4 is 41.0 Å². The Kier molecular flexibility index (Phi) is 12.5. The summed E-state index contributed by atoms with van der Waals surface area (Å²) in [7, 11) is 2.49. The van der Waals surface area contributed by atoms with Gasteiger partial charge in [-0.15, -0.1) is 0 Å². The minimum absolute atomic E-state index is 0.0346. The van der Waals surface area contributed by atoms with E-state index < -0.39 is 91.7 Å². The molecule has 0 radical (unpaired) electrons. The Bertz CT molecular complexity index is 2410. The summed E-state index contributed by atoms with van der Waals surface area (Å²) in [5.41, 5.74) is 10.7. The van der Waals surface area contributed by atoms with Crippen LogP contribution in [0.5, 0.6) is 23.0 Å². The normalized spacial score (nSPS) is 24.8. The molecule has 0 bridgehead atoms. The van der Waals surface area contributed by atoms with E-state index in [1.165, 1.54) is 81.7 Å². The van der Waals surface area contributed by atoms with Crippen LogP contribution in [0.4, 0.5) is 39.5 Å². The first-order valence-electron chi connectivity index (χ1n) is 19.8. The van der Waals surface area contributed by atoms with Crippen LogP contribution in [-0.4, -0.2) is 86.6 Å². The van der Waals surface area contributed by atoms with Gasteiger partial charge in [0.2, 0.25) is 6.43 Å². The average Bonchev–Trinajstić information content (AvgIpc) is 4.03. The van der Waals surface area contributed by atoms with Crippen molar-refractivity contribution in [2.24, 2.45) is 11.5 Å². The standard InChI is InChI=1S/C43H43F9N6O6/c1-22-17-25(10-13-31(22)63-38(49)50)40(24-5-4-6-28(18-24)61-16-15-34(45)46)36(59)57(2)42(53,55-40)43(54)56-41(37(60)58(43)3,27-9-12-30(44)33(20-27)62-21-35(47)48)26-11-14-32(64-39(51)52)29(19-26)23-7-8-23/h4-6,9-14,17-20,23,34-35,38-39,55-56H,7-8,15-16,21,53-54H2,1-3H3/t40?,41-,42?,43?/m1/s1. The van der Waals surface area contributed by atoms with Crippen molar-refractivity contribution >= 4 is 11.8 Å². The molecular weight excluding hydrogens is 867 g/mol. The number of aryl methyl sites for hydroxylation is 1. The number of likely N-dealkylation sites (N-methyl/N-ethyl adjacent to an activating group) is 2. The number of hydrogen-bond acceptors (Lipinski definition) is 10. The summed E-state index contributed by atoms with van der Waals surface area (Å²) in [6, 6.07) is 16.6. The van der Waals surface area contributed by atoms with Gasteiger partial charge in [0.15, 0.2) is 34.2 Å². The van der Waals surface area contributed by atoms with Gasteiger partial charge in [-0.05, 0) is 108 Å². The number of ether oxygens (including phenoxy) is 4. The van der Waals surface area contributed by atoms with E-state index in [-0.39, 0.29) is 51.0 Å². The van der Waals surface area contributed by atoms with E-state index in [2.05, 4.69) is 15.4 Å². The first-order chi connectivity index (χ1) is 30.2. The number of benzene rings is 4. The number of alkyl halides is 8. The summed E-state index contributed by atoms with van der Waals surface area (Å²) in [6.07, 6.45) is -5.15. The fraction of sp³-hybridized carbons (Fsp3) is 0.395. The van der Waals surface area contributed by atoms with Crippen LogP contribution in [0, 0.1) is 12.7 Å². The zero-order valence-corrected chi connectivity index (χ0v) is 34.3. The highest BCUT2D eigenvalue weighted by atomic mass is 19.3. The predicted molar refractivity (Wildman–Crippen MR) is 211 cm³/mol. The van der Waals surface area contributed by atoms with E-state index >= 15 is 14.0 Å². The maximum atomic E-state index is 15.3. The molecule has 3 aliphatic rings. The van der Waals surface area contributed by atoms with E-state index in [0.29, 0.717) is 18.4 Å². The second-order valence-corrected chi connectivity index (χ2v) is 15.7. The number of carbonyl (C=O) groups excluding carboxylic acids is 2. The molecule has 3 fully saturated rings. The minimum atomic E-state index is -3.21. The van der Waals surface area contributed by atoms with Gasteiger partial charge >= 0.3 is 13.2 Å². The summed E-state index contributed by atoms with van der Waals surface area (Å²) in [5.74, 6) is -8.99. The molecule has 2 aliphatic heterocycles. The summed E-state index contributed by atoms with van der Waals surface area (Å²) < 4.78 is 142. The summed E-state index contributed by atoms with van der Waals surface area (Å²) in [6.45, 7) is -6.60. The first-order valence-corrected chi connectivity index (χ1v) is 19.8. The van der Waals surface area contributed by atoms with Crippen molar-refractivity contribution in [3.05, 3.63) is 118 Å². The van der Waals surface area contributed by atoms with Crippen LogP contribution in [0.25, 0.3) is 0 Å². The first kappa shape index (κ1) is 46.2. The van der Waals surface area contributed by atoms with Gasteiger partial charge in [-0.25, -0.2) is 22.0 Å². The van der Waals surface area contributed by atoms with Crippen molar-refractivity contribution in [1.82, 2.24) is 20.4 Å². The fourth-order valence-electron chi connectivity index (χ4n) is 8.38. The second kappa shape index (κ2) is 17.3. The van der Waals surface area contributed by atoms with Gasteiger partial charge in [0, 0.05) is 20.5 Å². The number of halogens is 9. The van der Waals surface area contributed by atoms with E-state index in [1.54, 1.807) is 0 Å². The third-order valence-corrected chi connectivity index (χ3v) is 11.7. The maximum absolute atomic E-state index is 15.3. The lowest BCUT2D eigenvalue weighted by Gasteiger charge is -2.48. The topological polar surface area (TPSA) is 154 Å². The molecule has 64 heavy (non-hydrogen) atoms. The predicted octanol–water partition coefficient (Wildman–Crippen LogP) is 6.43. The van der Waals surface area contributed by atoms with E-state index in [4.69, 9.17) is 25.7 Å². The Morgan fingerprint density at radius 2 is 1.20 bits per heavy atom. The summed E-state index contributed by atoms with van der Waals surface area (Å²) in [5, 5.41) is 6.23. The number of carbonyl (C=O) groups is 2. The van der Waals surface area contributed by atoms with E-state index in [1.807, 2.05) is 0 Å². The van der Waals surface area contributed by atoms with Crippen LogP contribution in [0.1, 0.15) is 58.6 Å². The minimum Gasteiger partial charge on any atom is -0.493 e. The van der Waals surface area contributed by atoms with Crippen LogP contribution in [0.2, 0.25) is 0 Å². The van der Waals surface area contributed by atoms with Gasteiger partial charge in [-0.3, -0.25) is 31.7 Å². The van der Waals surface area contributed by atoms with Crippen molar-refractivity contribution < 1.29 is 68.1 Å². The summed E-state index contributed by atoms with van der Waals surface area (Å²) in [4.78, 5) is 32.4. The second-order valence-electron chi connectivity index (χ2n) is 15.7. The quantitative estimate of drug-likeness (QED) is 0.0873. The van der Waals surface area contributed by atoms with Gasteiger partial charge in [0.05, 0.1) is 6.61 Å². The number of rotatable bonds is 17. The van der Waals surface area contributed by atoms with Gasteiger partial charge in [0.1, 0.15) is 23.9 Å². The number of hydrogen-bond donors (Lipinski definition) is 4. The monoisotopic (exact) mass is 910 g/mol. The molecule has 0 aromatic heterocycles. The third-order valence-electron chi connectivity index (χ3n) is 11.7. The number of nitrogens with one attached hydrogen (secondary N) is 2. The molecule has 4 aromatic rings. The lowest BCUT2D eigenvalue weighted by Crippen LogP contribution is -2.85. The molecule has 344 valence electrons. The SMILES string of the molecule is Cc1cc(C2(c3cccc(OCCC(F)F)c3)NC(N)(C3(N)N[C@@](c4ccc(F)c(OCC(F)F)c4)(c4ccc(OC(F)F)c(C5CC5)c4)C(=O)N3C)N(C)C2=O)ccc1OC(F)F. The molecule has 7 rings (SSSR count). The fourth-order valence-corrected chi connectivity index (χ4v) is 8.38. The van der Waals surface area contributed by atoms with Crippen LogP contribution >= 0.6 is 0 Å². The highest BCUT2D eigenvalue weighted by Gasteiger charge is 2.72. The Morgan fingerprint density at radius 1 is 0.672 bits per heavy atom. The highest BCUT2D eigenvalue weighted by molar-refractivity contribution is 5.97. The lowest BCUT2D eigenvalue weighted by atomic mass is 9.81. The lowest BCUT2D eigenvalue weighted by molar-refractivity contribution is -0.142. The van der Waals surface area contributed by atoms with Gasteiger partial charge in [-0.1, -0.05) is 30.3 Å². The molecule has 2 amide bonds. The van der Waals surface area contributed by atoms with E-state index in [0.717, 1.165) is 28.0 Å². The molecule has 4 atom stereocenters. The van der Waals surface area contributed by atoms with E-state index in [9.17, 15) is 35.1 Å². The zero-order valence-electron chi connectivity index (χ0n) is 34.3. The molecule has 21 heteroatoms. The third kappa shape index (κ3) is 8.02. The molecule has 4 aromatic carbocycles. The molecule has 2 heterocycles. The Balaban J connectivity index is 1.42. The number of nitrogens with two attached hydrogens (primary N) is 2. The molecular formula is C43H43F9N6O6. The average molecular weight is 911 g/mol. The Morgan fingerprint density at radius 3 is 1.75 bits per heavy atom. The molecule has 1 saturated carbocycles. The van der Waals surface area contributed by atoms with Crippen molar-refractivity contribution in [3.63, 3.8) is 0 Å². The summed E-state index contributed by atoms with van der Waals surface area (Å²) >= 11 is 0. The molecule has 12 nitrogen and oxygen atoms in total. The van der Waals surface area contributed by atoms with Crippen LogP contribution in [-0.2, 0) is 20.7 Å². The Labute approximate surface area is 360 Å². The van der Waals surface area contributed by atoms with Gasteiger partial charge < -0.3 is 28.7 Å². The van der Waals surface area contributed by atoms with Gasteiger partial charge in [-0.2, -0.15) is 17.6 Å². The van der Waals surface area contributed by atoms with Gasteiger partial charge in [0.25, 0.3) is 18.2 Å². The molecule has 1 aliphatic carbocycles. The van der Waals surface area contributed by atoms with Crippen molar-refractivity contribution in [2.45, 2.75) is 80.8 Å². The largest absolute Gasteiger partial charge is 0.493 e. The molecule has 2 saturated heterocycles. The van der Waals surface area contributed by atoms with Crippen molar-refractivity contribution in [2.75, 3.05) is 27.3 Å². The molecule has 0 spiro atoms. The Hall–Kier alpha value is -5.77. The molecule has 3 unspecified atom stereocenters. The smallest absolute Gasteiger partial charge is 0.387 e. The highest BCUT2D eigenvalue weighted by Crippen LogP contribution is 2.51. The van der Waals surface area contributed by atoms with Crippen LogP contribution in [0.3, 0.4) is 0 Å². The molecule has 6 N–H and O–H groups in total. The maximum Gasteiger partial charge on any atom is 0.387 e. The zero-order chi connectivity index (χ0) is 46.5.